The van der Waals surface area contributed by atoms with Crippen LogP contribution in [0.1, 0.15) is 25.8 Å². The first-order valence-corrected chi connectivity index (χ1v) is 6.77. The second kappa shape index (κ2) is 5.61. The zero-order chi connectivity index (χ0) is 14.9. The molecule has 0 saturated carbocycles. The standard InChI is InChI=1S/C15H19FN2O2/c1-9(2)14-15(20)18(7-6-13(19)17-14)12-8-10(3)4-5-11(12)16/h4-5,8-9,14H,6-7H2,1-3H3,(H,17,19). The molecule has 5 heteroatoms. The van der Waals surface area contributed by atoms with E-state index in [-0.39, 0.29) is 36.4 Å². The lowest BCUT2D eigenvalue weighted by molar-refractivity contribution is -0.126. The Morgan fingerprint density at radius 3 is 2.70 bits per heavy atom. The predicted octanol–water partition coefficient (Wildman–Crippen LogP) is 2.01. The molecule has 2 amide bonds. The molecule has 20 heavy (non-hydrogen) atoms. The molecule has 1 aliphatic heterocycles. The van der Waals surface area contributed by atoms with E-state index in [1.807, 2.05) is 20.8 Å². The first-order valence-electron chi connectivity index (χ1n) is 6.77. The van der Waals surface area contributed by atoms with Crippen LogP contribution in [0, 0.1) is 18.7 Å². The molecule has 0 aromatic heterocycles. The van der Waals surface area contributed by atoms with Crippen molar-refractivity contribution in [2.24, 2.45) is 5.92 Å². The molecule has 1 saturated heterocycles. The van der Waals surface area contributed by atoms with Gasteiger partial charge in [-0.2, -0.15) is 0 Å². The summed E-state index contributed by atoms with van der Waals surface area (Å²) in [6.45, 7) is 5.76. The van der Waals surface area contributed by atoms with Crippen LogP contribution < -0.4 is 10.2 Å². The summed E-state index contributed by atoms with van der Waals surface area (Å²) >= 11 is 0. The van der Waals surface area contributed by atoms with Gasteiger partial charge in [-0.1, -0.05) is 19.9 Å². The van der Waals surface area contributed by atoms with Gasteiger partial charge < -0.3 is 10.2 Å². The fourth-order valence-corrected chi connectivity index (χ4v) is 2.32. The van der Waals surface area contributed by atoms with Gasteiger partial charge in [0.15, 0.2) is 0 Å². The molecular weight excluding hydrogens is 259 g/mol. The second-order valence-corrected chi connectivity index (χ2v) is 5.48. The smallest absolute Gasteiger partial charge is 0.249 e. The molecule has 1 fully saturated rings. The molecular formula is C15H19FN2O2. The van der Waals surface area contributed by atoms with E-state index in [0.29, 0.717) is 0 Å². The molecule has 108 valence electrons. The Morgan fingerprint density at radius 1 is 1.35 bits per heavy atom. The summed E-state index contributed by atoms with van der Waals surface area (Å²) in [6.07, 6.45) is 0.183. The largest absolute Gasteiger partial charge is 0.344 e. The number of hydrogen-bond acceptors (Lipinski definition) is 2. The van der Waals surface area contributed by atoms with E-state index < -0.39 is 11.9 Å². The number of carbonyl (C=O) groups excluding carboxylic acids is 2. The van der Waals surface area contributed by atoms with E-state index in [2.05, 4.69) is 5.32 Å². The quantitative estimate of drug-likeness (QED) is 0.899. The van der Waals surface area contributed by atoms with Crippen LogP contribution in [0.25, 0.3) is 0 Å². The lowest BCUT2D eigenvalue weighted by Gasteiger charge is -2.26. The topological polar surface area (TPSA) is 49.4 Å². The van der Waals surface area contributed by atoms with Gasteiger partial charge >= 0.3 is 0 Å². The minimum atomic E-state index is -0.607. The predicted molar refractivity (Wildman–Crippen MR) is 74.9 cm³/mol. The highest BCUT2D eigenvalue weighted by atomic mass is 19.1. The monoisotopic (exact) mass is 278 g/mol. The zero-order valence-electron chi connectivity index (χ0n) is 11.9. The van der Waals surface area contributed by atoms with Gasteiger partial charge in [0, 0.05) is 13.0 Å². The fourth-order valence-electron chi connectivity index (χ4n) is 2.32. The van der Waals surface area contributed by atoms with Crippen molar-refractivity contribution < 1.29 is 14.0 Å². The van der Waals surface area contributed by atoms with E-state index in [9.17, 15) is 14.0 Å². The van der Waals surface area contributed by atoms with Crippen molar-refractivity contribution in [2.75, 3.05) is 11.4 Å². The number of benzene rings is 1. The highest BCUT2D eigenvalue weighted by Crippen LogP contribution is 2.24. The number of rotatable bonds is 2. The van der Waals surface area contributed by atoms with Crippen molar-refractivity contribution in [2.45, 2.75) is 33.2 Å². The Bertz CT molecular complexity index is 543. The minimum absolute atomic E-state index is 0.0417. The molecule has 0 aliphatic carbocycles. The number of carbonyl (C=O) groups is 2. The Hall–Kier alpha value is -1.91. The van der Waals surface area contributed by atoms with Gasteiger partial charge in [0.1, 0.15) is 11.9 Å². The van der Waals surface area contributed by atoms with Crippen LogP contribution >= 0.6 is 0 Å². The molecule has 0 radical (unpaired) electrons. The zero-order valence-corrected chi connectivity index (χ0v) is 11.9. The number of amides is 2. The second-order valence-electron chi connectivity index (χ2n) is 5.48. The minimum Gasteiger partial charge on any atom is -0.344 e. The molecule has 4 nitrogen and oxygen atoms in total. The molecule has 2 rings (SSSR count). The lowest BCUT2D eigenvalue weighted by Crippen LogP contribution is -2.48. The SMILES string of the molecule is Cc1ccc(F)c(N2CCC(=O)NC(C(C)C)C2=O)c1. The van der Waals surface area contributed by atoms with Gasteiger partial charge in [0.2, 0.25) is 11.8 Å². The van der Waals surface area contributed by atoms with Gasteiger partial charge in [-0.3, -0.25) is 9.59 Å². The highest BCUT2D eigenvalue weighted by Gasteiger charge is 2.33. The summed E-state index contributed by atoms with van der Waals surface area (Å²) in [7, 11) is 0. The molecule has 1 heterocycles. The molecule has 1 aliphatic rings. The van der Waals surface area contributed by atoms with Crippen LogP contribution in [0.3, 0.4) is 0 Å². The summed E-state index contributed by atoms with van der Waals surface area (Å²) in [5.41, 5.74) is 1.12. The molecule has 1 unspecified atom stereocenters. The number of aryl methyl sites for hydroxylation is 1. The Kier molecular flexibility index (Phi) is 4.06. The third-order valence-corrected chi connectivity index (χ3v) is 3.47. The highest BCUT2D eigenvalue weighted by molar-refractivity contribution is 6.01. The van der Waals surface area contributed by atoms with Crippen LogP contribution in [-0.4, -0.2) is 24.4 Å². The Morgan fingerprint density at radius 2 is 2.05 bits per heavy atom. The van der Waals surface area contributed by atoms with Crippen molar-refractivity contribution >= 4 is 17.5 Å². The molecule has 0 spiro atoms. The van der Waals surface area contributed by atoms with Gasteiger partial charge in [-0.05, 0) is 30.5 Å². The summed E-state index contributed by atoms with van der Waals surface area (Å²) < 4.78 is 14.0. The third kappa shape index (κ3) is 2.81. The summed E-state index contributed by atoms with van der Waals surface area (Å²) in [4.78, 5) is 25.6. The Labute approximate surface area is 118 Å². The molecule has 1 atom stereocenters. The van der Waals surface area contributed by atoms with Crippen molar-refractivity contribution in [3.8, 4) is 0 Å². The number of nitrogens with zero attached hydrogens (tertiary/aromatic N) is 1. The van der Waals surface area contributed by atoms with Crippen LogP contribution in [0.15, 0.2) is 18.2 Å². The maximum Gasteiger partial charge on any atom is 0.249 e. The van der Waals surface area contributed by atoms with Crippen molar-refractivity contribution in [1.82, 2.24) is 5.32 Å². The fraction of sp³-hybridized carbons (Fsp3) is 0.467. The lowest BCUT2D eigenvalue weighted by atomic mass is 10.0. The van der Waals surface area contributed by atoms with E-state index in [4.69, 9.17) is 0 Å². The van der Waals surface area contributed by atoms with Crippen LogP contribution in [-0.2, 0) is 9.59 Å². The van der Waals surface area contributed by atoms with Crippen molar-refractivity contribution in [3.63, 3.8) is 0 Å². The molecule has 1 N–H and O–H groups in total. The Balaban J connectivity index is 2.41. The first-order chi connectivity index (χ1) is 9.40. The molecule has 1 aromatic carbocycles. The number of hydrogen-bond donors (Lipinski definition) is 1. The summed E-state index contributed by atoms with van der Waals surface area (Å²) in [6, 6.07) is 4.04. The van der Waals surface area contributed by atoms with E-state index in [0.717, 1.165) is 5.56 Å². The third-order valence-electron chi connectivity index (χ3n) is 3.47. The van der Waals surface area contributed by atoms with E-state index in [1.165, 1.54) is 11.0 Å². The van der Waals surface area contributed by atoms with E-state index in [1.54, 1.807) is 12.1 Å². The van der Waals surface area contributed by atoms with Gasteiger partial charge in [-0.25, -0.2) is 4.39 Å². The van der Waals surface area contributed by atoms with Crippen LogP contribution in [0.5, 0.6) is 0 Å². The first kappa shape index (κ1) is 14.5. The molecule has 0 bridgehead atoms. The average molecular weight is 278 g/mol. The molecule has 1 aromatic rings. The van der Waals surface area contributed by atoms with Crippen LogP contribution in [0.4, 0.5) is 10.1 Å². The van der Waals surface area contributed by atoms with Gasteiger partial charge in [0.25, 0.3) is 0 Å². The normalized spacial score (nSPS) is 20.1. The summed E-state index contributed by atoms with van der Waals surface area (Å²) in [5, 5.41) is 2.71. The van der Waals surface area contributed by atoms with Crippen molar-refractivity contribution in [1.29, 1.82) is 0 Å². The van der Waals surface area contributed by atoms with Gasteiger partial charge in [0.05, 0.1) is 5.69 Å². The number of anilines is 1. The average Bonchev–Trinajstić information content (AvgIpc) is 2.53. The number of halogens is 1. The maximum atomic E-state index is 14.0. The summed E-state index contributed by atoms with van der Waals surface area (Å²) in [5.74, 6) is -0.913. The van der Waals surface area contributed by atoms with E-state index >= 15 is 0 Å². The van der Waals surface area contributed by atoms with Gasteiger partial charge in [-0.15, -0.1) is 0 Å². The number of nitrogens with one attached hydrogen (secondary N) is 1. The van der Waals surface area contributed by atoms with Crippen LogP contribution in [0.2, 0.25) is 0 Å². The maximum absolute atomic E-state index is 14.0. The van der Waals surface area contributed by atoms with Crippen molar-refractivity contribution in [3.05, 3.63) is 29.6 Å².